The van der Waals surface area contributed by atoms with E-state index < -0.39 is 6.10 Å². The SMILES string of the molecule is O=C1CC(c2ccc(NCC(O)CO)cc2)=NN1. The molecule has 2 rings (SSSR count). The number of carbonyl (C=O) groups is 1. The second-order valence-electron chi connectivity index (χ2n) is 4.06. The van der Waals surface area contributed by atoms with Crippen LogP contribution >= 0.6 is 0 Å². The Labute approximate surface area is 104 Å². The van der Waals surface area contributed by atoms with Gasteiger partial charge >= 0.3 is 0 Å². The van der Waals surface area contributed by atoms with Gasteiger partial charge in [0.15, 0.2) is 0 Å². The van der Waals surface area contributed by atoms with Crippen molar-refractivity contribution in [3.8, 4) is 0 Å². The fourth-order valence-corrected chi connectivity index (χ4v) is 1.61. The van der Waals surface area contributed by atoms with Crippen LogP contribution in [0.25, 0.3) is 0 Å². The van der Waals surface area contributed by atoms with E-state index in [1.165, 1.54) is 0 Å². The molecule has 1 unspecified atom stereocenters. The lowest BCUT2D eigenvalue weighted by molar-refractivity contribution is -0.119. The van der Waals surface area contributed by atoms with E-state index in [2.05, 4.69) is 15.8 Å². The van der Waals surface area contributed by atoms with E-state index in [9.17, 15) is 9.90 Å². The van der Waals surface area contributed by atoms with E-state index in [1.807, 2.05) is 24.3 Å². The van der Waals surface area contributed by atoms with Crippen molar-refractivity contribution in [1.29, 1.82) is 0 Å². The van der Waals surface area contributed by atoms with Crippen LogP contribution in [-0.2, 0) is 4.79 Å². The van der Waals surface area contributed by atoms with Gasteiger partial charge in [0, 0.05) is 12.2 Å². The molecule has 1 atom stereocenters. The largest absolute Gasteiger partial charge is 0.394 e. The van der Waals surface area contributed by atoms with Crippen LogP contribution in [0.2, 0.25) is 0 Å². The summed E-state index contributed by atoms with van der Waals surface area (Å²) in [5, 5.41) is 24.8. The van der Waals surface area contributed by atoms with Gasteiger partial charge in [-0.15, -0.1) is 0 Å². The van der Waals surface area contributed by atoms with Gasteiger partial charge in [-0.25, -0.2) is 5.43 Å². The molecule has 4 N–H and O–H groups in total. The number of rotatable bonds is 5. The smallest absolute Gasteiger partial charge is 0.246 e. The fourth-order valence-electron chi connectivity index (χ4n) is 1.61. The van der Waals surface area contributed by atoms with Crippen molar-refractivity contribution < 1.29 is 15.0 Å². The summed E-state index contributed by atoms with van der Waals surface area (Å²) in [6.07, 6.45) is -0.471. The van der Waals surface area contributed by atoms with Crippen LogP contribution in [-0.4, -0.2) is 41.1 Å². The van der Waals surface area contributed by atoms with E-state index in [0.717, 1.165) is 17.0 Å². The first-order chi connectivity index (χ1) is 8.69. The molecule has 6 nitrogen and oxygen atoms in total. The van der Waals surface area contributed by atoms with Gasteiger partial charge in [-0.2, -0.15) is 5.10 Å². The zero-order valence-corrected chi connectivity index (χ0v) is 9.76. The first-order valence-electron chi connectivity index (χ1n) is 5.67. The number of hydrogen-bond acceptors (Lipinski definition) is 5. The Morgan fingerprint density at radius 3 is 2.67 bits per heavy atom. The zero-order chi connectivity index (χ0) is 13.0. The molecule has 0 fully saturated rings. The van der Waals surface area contributed by atoms with E-state index in [1.54, 1.807) is 0 Å². The van der Waals surface area contributed by atoms with Crippen LogP contribution in [0.3, 0.4) is 0 Å². The lowest BCUT2D eigenvalue weighted by Gasteiger charge is -2.10. The van der Waals surface area contributed by atoms with Gasteiger partial charge in [0.05, 0.1) is 24.8 Å². The Morgan fingerprint density at radius 1 is 1.39 bits per heavy atom. The summed E-state index contributed by atoms with van der Waals surface area (Å²) < 4.78 is 0. The first-order valence-corrected chi connectivity index (χ1v) is 5.67. The number of anilines is 1. The lowest BCUT2D eigenvalue weighted by atomic mass is 10.1. The fraction of sp³-hybridized carbons (Fsp3) is 0.333. The average molecular weight is 249 g/mol. The monoisotopic (exact) mass is 249 g/mol. The molecule has 0 saturated heterocycles. The Morgan fingerprint density at radius 2 is 2.11 bits per heavy atom. The van der Waals surface area contributed by atoms with Crippen molar-refractivity contribution >= 4 is 17.3 Å². The summed E-state index contributed by atoms with van der Waals surface area (Å²) >= 11 is 0. The lowest BCUT2D eigenvalue weighted by Crippen LogP contribution is -2.22. The minimum atomic E-state index is -0.772. The number of nitrogens with one attached hydrogen (secondary N) is 2. The summed E-state index contributed by atoms with van der Waals surface area (Å²) in [5.74, 6) is -0.0988. The van der Waals surface area contributed by atoms with Crippen molar-refractivity contribution in [2.75, 3.05) is 18.5 Å². The number of amides is 1. The highest BCUT2D eigenvalue weighted by atomic mass is 16.3. The van der Waals surface area contributed by atoms with E-state index in [-0.39, 0.29) is 19.1 Å². The van der Waals surface area contributed by atoms with Gasteiger partial charge in [-0.3, -0.25) is 4.79 Å². The molecule has 1 aliphatic heterocycles. The molecular weight excluding hydrogens is 234 g/mol. The highest BCUT2D eigenvalue weighted by Crippen LogP contribution is 2.13. The molecule has 1 heterocycles. The third-order valence-corrected chi connectivity index (χ3v) is 2.61. The average Bonchev–Trinajstić information content (AvgIpc) is 2.83. The number of carbonyl (C=O) groups excluding carboxylic acids is 1. The van der Waals surface area contributed by atoms with Crippen LogP contribution in [0, 0.1) is 0 Å². The zero-order valence-electron chi connectivity index (χ0n) is 9.76. The molecule has 6 heteroatoms. The van der Waals surface area contributed by atoms with Crippen molar-refractivity contribution in [3.05, 3.63) is 29.8 Å². The van der Waals surface area contributed by atoms with Gasteiger partial charge < -0.3 is 15.5 Å². The number of aliphatic hydroxyl groups excluding tert-OH is 2. The first kappa shape index (κ1) is 12.5. The van der Waals surface area contributed by atoms with E-state index in [4.69, 9.17) is 5.11 Å². The van der Waals surface area contributed by atoms with Gasteiger partial charge in [0.2, 0.25) is 5.91 Å². The van der Waals surface area contributed by atoms with E-state index >= 15 is 0 Å². The van der Waals surface area contributed by atoms with Crippen LogP contribution in [0.1, 0.15) is 12.0 Å². The second kappa shape index (κ2) is 5.61. The molecule has 1 aliphatic rings. The Balaban J connectivity index is 1.95. The quantitative estimate of drug-likeness (QED) is 0.575. The summed E-state index contributed by atoms with van der Waals surface area (Å²) in [6, 6.07) is 7.38. The molecule has 0 spiro atoms. The topological polar surface area (TPSA) is 94.0 Å². The molecule has 1 aromatic rings. The maximum absolute atomic E-state index is 11.0. The van der Waals surface area contributed by atoms with Crippen molar-refractivity contribution in [1.82, 2.24) is 5.43 Å². The van der Waals surface area contributed by atoms with Gasteiger partial charge in [-0.1, -0.05) is 12.1 Å². The third-order valence-electron chi connectivity index (χ3n) is 2.61. The highest BCUT2D eigenvalue weighted by molar-refractivity contribution is 6.13. The Bertz CT molecular complexity index is 456. The standard InChI is InChI=1S/C12H15N3O3/c16-7-10(17)6-13-9-3-1-8(2-4-9)11-5-12(18)15-14-11/h1-4,10,13,16-17H,5-7H2,(H,15,18). The maximum Gasteiger partial charge on any atom is 0.246 e. The predicted octanol–water partition coefficient (Wildman–Crippen LogP) is -0.324. The summed E-state index contributed by atoms with van der Waals surface area (Å²) in [4.78, 5) is 11.0. The summed E-state index contributed by atoms with van der Waals surface area (Å²) in [5.41, 5.74) is 4.85. The molecule has 0 radical (unpaired) electrons. The van der Waals surface area contributed by atoms with Crippen LogP contribution in [0.4, 0.5) is 5.69 Å². The molecule has 0 saturated carbocycles. The summed E-state index contributed by atoms with van der Waals surface area (Å²) in [6.45, 7) is 0.0203. The van der Waals surface area contributed by atoms with Gasteiger partial charge in [0.1, 0.15) is 0 Å². The van der Waals surface area contributed by atoms with Crippen molar-refractivity contribution in [2.45, 2.75) is 12.5 Å². The predicted molar refractivity (Wildman–Crippen MR) is 67.3 cm³/mol. The number of hydrazone groups is 1. The van der Waals surface area contributed by atoms with Crippen LogP contribution in [0.5, 0.6) is 0 Å². The Kier molecular flexibility index (Phi) is 3.91. The highest BCUT2D eigenvalue weighted by Gasteiger charge is 2.15. The molecule has 1 amide bonds. The molecular formula is C12H15N3O3. The maximum atomic E-state index is 11.0. The molecule has 96 valence electrons. The second-order valence-corrected chi connectivity index (χ2v) is 4.06. The normalized spacial score (nSPS) is 16.1. The summed E-state index contributed by atoms with van der Waals surface area (Å²) in [7, 11) is 0. The van der Waals surface area contributed by atoms with E-state index in [0.29, 0.717) is 6.42 Å². The molecule has 0 bridgehead atoms. The molecule has 0 aliphatic carbocycles. The van der Waals surface area contributed by atoms with Crippen molar-refractivity contribution in [3.63, 3.8) is 0 Å². The number of nitrogens with zero attached hydrogens (tertiary/aromatic N) is 1. The minimum Gasteiger partial charge on any atom is -0.394 e. The third kappa shape index (κ3) is 3.06. The molecule has 1 aromatic carbocycles. The Hall–Kier alpha value is -1.92. The van der Waals surface area contributed by atoms with Gasteiger partial charge in [-0.05, 0) is 17.7 Å². The van der Waals surface area contributed by atoms with Gasteiger partial charge in [0.25, 0.3) is 0 Å². The van der Waals surface area contributed by atoms with Crippen molar-refractivity contribution in [2.24, 2.45) is 5.10 Å². The number of aliphatic hydroxyl groups is 2. The van der Waals surface area contributed by atoms with Crippen LogP contribution in [0.15, 0.2) is 29.4 Å². The van der Waals surface area contributed by atoms with Crippen LogP contribution < -0.4 is 10.7 Å². The minimum absolute atomic E-state index is 0.0988. The molecule has 18 heavy (non-hydrogen) atoms. The molecule has 0 aromatic heterocycles. The number of hydrogen-bond donors (Lipinski definition) is 4. The number of benzene rings is 1.